The molecule has 9 rings (SSSR count). The molecular formula is C37H20N8Na4O12S4. The maximum atomic E-state index is 12.7. The van der Waals surface area contributed by atoms with Gasteiger partial charge < -0.3 is 18.2 Å². The summed E-state index contributed by atoms with van der Waals surface area (Å²) in [6.45, 7) is 1.67. The summed E-state index contributed by atoms with van der Waals surface area (Å²) in [4.78, 5) is -0.612. The molecule has 0 saturated heterocycles. The number of hydrogen-bond acceptors (Lipinski definition) is 18. The Morgan fingerprint density at radius 2 is 1.03 bits per heavy atom. The molecule has 0 unspecified atom stereocenters. The molecule has 0 atom stereocenters. The molecule has 2 heterocycles. The molecule has 0 aliphatic heterocycles. The fourth-order valence-electron chi connectivity index (χ4n) is 6.94. The minimum Gasteiger partial charge on any atom is -0.744 e. The first-order valence-electron chi connectivity index (χ1n) is 17.2. The normalized spacial score (nSPS) is 12.3. The van der Waals surface area contributed by atoms with Gasteiger partial charge in [0, 0.05) is 26.9 Å². The molecule has 0 saturated carbocycles. The Morgan fingerprint density at radius 3 is 1.65 bits per heavy atom. The summed E-state index contributed by atoms with van der Waals surface area (Å²) >= 11 is 0. The molecule has 0 fully saturated rings. The summed E-state index contributed by atoms with van der Waals surface area (Å²) in [5.41, 5.74) is 1.79. The van der Waals surface area contributed by atoms with Crippen LogP contribution in [0.25, 0.3) is 65.8 Å². The standard InChI is InChI=1S/C37H24N8O12S4.4Na/c1-19-13-22(44-40-31-10-5-20-14-24(58(46,47)48)7-8-25(20)36(31)42-44)6-11-30(19)39-38-21-15-28-29(34(16-21)60(52,53)54)17-23(18-35(28)61(55,56)57)45-41-32-12-9-26-27(37(32)43-45)3-2-4-33(26)59(49,50)51;;;;/h2-18H,1H3,(H,46,47,48)(H,49,50,51)(H,52,53,54)(H,55,56,57);;;;/q;4*+1/p-4. The van der Waals surface area contributed by atoms with E-state index in [0.29, 0.717) is 33.1 Å². The Morgan fingerprint density at radius 1 is 0.462 bits per heavy atom. The van der Waals surface area contributed by atoms with Crippen molar-refractivity contribution >= 4 is 106 Å². The third-order valence-electron chi connectivity index (χ3n) is 9.68. The van der Waals surface area contributed by atoms with Crippen molar-refractivity contribution in [3.8, 4) is 11.4 Å². The molecule has 0 radical (unpaired) electrons. The zero-order valence-corrected chi connectivity index (χ0v) is 45.7. The fourth-order valence-corrected chi connectivity index (χ4v) is 9.54. The van der Waals surface area contributed by atoms with Crippen molar-refractivity contribution in [2.75, 3.05) is 0 Å². The van der Waals surface area contributed by atoms with E-state index in [2.05, 4.69) is 30.6 Å². The van der Waals surface area contributed by atoms with Gasteiger partial charge in [-0.1, -0.05) is 30.3 Å². The average molecular weight is 989 g/mol. The zero-order chi connectivity index (χ0) is 43.4. The molecular weight excluding hydrogens is 969 g/mol. The van der Waals surface area contributed by atoms with Crippen LogP contribution >= 0.6 is 0 Å². The number of fused-ring (bicyclic) bond motifs is 7. The molecule has 20 nitrogen and oxygen atoms in total. The molecule has 0 aliphatic rings. The summed E-state index contributed by atoms with van der Waals surface area (Å²) in [6, 6.07) is 22.3. The number of nitrogens with zero attached hydrogens (tertiary/aromatic N) is 8. The van der Waals surface area contributed by atoms with Gasteiger partial charge in [0.25, 0.3) is 0 Å². The van der Waals surface area contributed by atoms with Crippen LogP contribution in [0, 0.1) is 6.92 Å². The number of aromatic nitrogens is 6. The smallest absolute Gasteiger partial charge is 0.744 e. The molecule has 2 aromatic heterocycles. The summed E-state index contributed by atoms with van der Waals surface area (Å²) in [6.07, 6.45) is 0. The van der Waals surface area contributed by atoms with Crippen LogP contribution in [0.4, 0.5) is 11.4 Å². The molecule has 0 aliphatic carbocycles. The molecule has 0 bridgehead atoms. The summed E-state index contributed by atoms with van der Waals surface area (Å²) in [5, 5.41) is 26.2. The van der Waals surface area contributed by atoms with E-state index in [4.69, 9.17) is 0 Å². The van der Waals surface area contributed by atoms with E-state index < -0.39 is 65.9 Å². The summed E-state index contributed by atoms with van der Waals surface area (Å²) < 4.78 is 146. The molecule has 9 aromatic rings. The predicted molar refractivity (Wildman–Crippen MR) is 211 cm³/mol. The predicted octanol–water partition coefficient (Wildman–Crippen LogP) is -7.03. The SMILES string of the molecule is Cc1cc(-n2nc3ccc4cc(S(=O)(=O)[O-])ccc4c3n2)ccc1N=Nc1cc(S(=O)(=O)[O-])c2cc(-n3nc4ccc5c(S(=O)(=O)[O-])cccc5c4n3)cc(S(=O)(=O)[O-])c2c1.[Na+].[Na+].[Na+].[Na+]. The molecule has 308 valence electrons. The second-order valence-corrected chi connectivity index (χ2v) is 19.0. The van der Waals surface area contributed by atoms with Crippen LogP contribution in [0.15, 0.2) is 133 Å². The minimum atomic E-state index is -5.40. The van der Waals surface area contributed by atoms with Crippen LogP contribution in [0.5, 0.6) is 0 Å². The van der Waals surface area contributed by atoms with E-state index in [1.54, 1.807) is 31.2 Å². The molecule has 65 heavy (non-hydrogen) atoms. The van der Waals surface area contributed by atoms with Gasteiger partial charge in [-0.05, 0) is 90.7 Å². The van der Waals surface area contributed by atoms with Crippen LogP contribution in [0.3, 0.4) is 0 Å². The number of azo groups is 1. The Kier molecular flexibility index (Phi) is 15.9. The molecule has 0 N–H and O–H groups in total. The van der Waals surface area contributed by atoms with Gasteiger partial charge in [0.2, 0.25) is 0 Å². The summed E-state index contributed by atoms with van der Waals surface area (Å²) in [7, 11) is -20.4. The molecule has 28 heteroatoms. The zero-order valence-electron chi connectivity index (χ0n) is 34.4. The first-order valence-corrected chi connectivity index (χ1v) is 22.8. The van der Waals surface area contributed by atoms with Gasteiger partial charge in [-0.2, -0.15) is 19.8 Å². The van der Waals surface area contributed by atoms with Gasteiger partial charge in [-0.3, -0.25) is 0 Å². The average Bonchev–Trinajstić information content (AvgIpc) is 3.83. The van der Waals surface area contributed by atoms with Crippen molar-refractivity contribution in [3.63, 3.8) is 0 Å². The van der Waals surface area contributed by atoms with Gasteiger partial charge >= 0.3 is 118 Å². The largest absolute Gasteiger partial charge is 1.00 e. The Bertz CT molecular complexity index is 3930. The van der Waals surface area contributed by atoms with Crippen LogP contribution in [-0.4, -0.2) is 81.9 Å². The third kappa shape index (κ3) is 10.4. The maximum absolute atomic E-state index is 12.7. The van der Waals surface area contributed by atoms with Crippen molar-refractivity contribution in [3.05, 3.63) is 109 Å². The van der Waals surface area contributed by atoms with Gasteiger partial charge in [-0.25, -0.2) is 33.7 Å². The third-order valence-corrected chi connectivity index (χ3v) is 13.2. The second-order valence-electron chi connectivity index (χ2n) is 13.5. The van der Waals surface area contributed by atoms with E-state index in [1.807, 2.05) is 0 Å². The number of rotatable bonds is 8. The first-order chi connectivity index (χ1) is 28.6. The molecule has 0 amide bonds. The first kappa shape index (κ1) is 53.3. The summed E-state index contributed by atoms with van der Waals surface area (Å²) in [5.74, 6) is 0. The fraction of sp³-hybridized carbons (Fsp3) is 0.0270. The van der Waals surface area contributed by atoms with Crippen LogP contribution in [-0.2, 0) is 40.5 Å². The van der Waals surface area contributed by atoms with Crippen LogP contribution in [0.1, 0.15) is 5.56 Å². The van der Waals surface area contributed by atoms with Crippen molar-refractivity contribution in [1.82, 2.24) is 30.0 Å². The Hall–Kier alpha value is -2.64. The van der Waals surface area contributed by atoms with E-state index in [0.717, 1.165) is 35.1 Å². The van der Waals surface area contributed by atoms with Crippen molar-refractivity contribution < 1.29 is 170 Å². The van der Waals surface area contributed by atoms with Gasteiger partial charge in [-0.15, -0.1) is 20.4 Å². The maximum Gasteiger partial charge on any atom is 1.00 e. The van der Waals surface area contributed by atoms with Crippen molar-refractivity contribution in [2.24, 2.45) is 10.2 Å². The van der Waals surface area contributed by atoms with Gasteiger partial charge in [0.15, 0.2) is 0 Å². The van der Waals surface area contributed by atoms with E-state index in [9.17, 15) is 51.9 Å². The minimum absolute atomic E-state index is 0. The monoisotopic (exact) mass is 988 g/mol. The second kappa shape index (κ2) is 19.4. The molecule has 7 aromatic carbocycles. The van der Waals surface area contributed by atoms with Gasteiger partial charge in [0.1, 0.15) is 62.5 Å². The quantitative estimate of drug-likeness (QED) is 0.0776. The Balaban J connectivity index is 0.00000198. The van der Waals surface area contributed by atoms with Gasteiger partial charge in [0.05, 0.1) is 42.3 Å². The van der Waals surface area contributed by atoms with Crippen LogP contribution in [0.2, 0.25) is 0 Å². The van der Waals surface area contributed by atoms with Crippen LogP contribution < -0.4 is 118 Å². The van der Waals surface area contributed by atoms with E-state index >= 15 is 0 Å². The van der Waals surface area contributed by atoms with E-state index in [-0.39, 0.29) is 162 Å². The van der Waals surface area contributed by atoms with E-state index in [1.165, 1.54) is 53.3 Å². The number of aryl methyl sites for hydroxylation is 1. The van der Waals surface area contributed by atoms with Crippen molar-refractivity contribution in [1.29, 1.82) is 0 Å². The van der Waals surface area contributed by atoms with Crippen molar-refractivity contribution in [2.45, 2.75) is 26.5 Å². The number of hydrogen-bond donors (Lipinski definition) is 0. The Labute approximate surface area is 457 Å². The molecule has 0 spiro atoms. The number of benzene rings is 7. The topological polar surface area (TPSA) is 315 Å².